The van der Waals surface area contributed by atoms with Crippen molar-refractivity contribution in [1.82, 2.24) is 9.80 Å². The standard InChI is InChI=1S/C24H37F3N2O2/c1-3-4-16-31-22-9-8-19(17-20(22)24(25,26)27)21(23(30)10-6-5-7-11-23)18-29-14-12-28(2)13-15-29/h8-9,17,21,30H,3-7,10-16,18H2,1-2H3. The van der Waals surface area contributed by atoms with Crippen LogP contribution in [0.4, 0.5) is 13.2 Å². The number of likely N-dealkylation sites (N-methyl/N-ethyl adjacent to an activating group) is 1. The Labute approximate surface area is 184 Å². The minimum atomic E-state index is -4.49. The van der Waals surface area contributed by atoms with E-state index < -0.39 is 17.3 Å². The molecule has 2 aliphatic rings. The van der Waals surface area contributed by atoms with Crippen molar-refractivity contribution < 1.29 is 23.0 Å². The first-order valence-corrected chi connectivity index (χ1v) is 11.7. The Morgan fingerprint density at radius 3 is 2.39 bits per heavy atom. The molecular formula is C24H37F3N2O2. The van der Waals surface area contributed by atoms with E-state index in [2.05, 4.69) is 16.8 Å². The molecule has 0 aromatic heterocycles. The van der Waals surface area contributed by atoms with E-state index in [-0.39, 0.29) is 18.3 Å². The van der Waals surface area contributed by atoms with E-state index in [1.54, 1.807) is 6.07 Å². The molecule has 4 nitrogen and oxygen atoms in total. The van der Waals surface area contributed by atoms with Crippen molar-refractivity contribution in [2.45, 2.75) is 69.6 Å². The van der Waals surface area contributed by atoms with Crippen molar-refractivity contribution in [2.24, 2.45) is 0 Å². The summed E-state index contributed by atoms with van der Waals surface area (Å²) in [6, 6.07) is 4.43. The number of benzene rings is 1. The Morgan fingerprint density at radius 1 is 1.10 bits per heavy atom. The van der Waals surface area contributed by atoms with Gasteiger partial charge in [-0.25, -0.2) is 0 Å². The molecular weight excluding hydrogens is 405 g/mol. The van der Waals surface area contributed by atoms with E-state index in [9.17, 15) is 18.3 Å². The van der Waals surface area contributed by atoms with Crippen molar-refractivity contribution in [1.29, 1.82) is 0 Å². The summed E-state index contributed by atoms with van der Waals surface area (Å²) in [5, 5.41) is 11.6. The molecule has 31 heavy (non-hydrogen) atoms. The van der Waals surface area contributed by atoms with Crippen LogP contribution in [0.1, 0.15) is 68.9 Å². The smallest absolute Gasteiger partial charge is 0.419 e. The number of nitrogens with zero attached hydrogens (tertiary/aromatic N) is 2. The van der Waals surface area contributed by atoms with Gasteiger partial charge in [-0.3, -0.25) is 0 Å². The summed E-state index contributed by atoms with van der Waals surface area (Å²) in [4.78, 5) is 4.54. The molecule has 1 aliphatic carbocycles. The average Bonchev–Trinajstić information content (AvgIpc) is 2.73. The number of hydrogen-bond acceptors (Lipinski definition) is 4. The number of rotatable bonds is 8. The van der Waals surface area contributed by atoms with Crippen LogP contribution in [-0.2, 0) is 6.18 Å². The third-order valence-electron chi connectivity index (χ3n) is 6.87. The zero-order chi connectivity index (χ0) is 22.5. The number of halogens is 3. The summed E-state index contributed by atoms with van der Waals surface area (Å²) in [6.45, 7) is 6.43. The van der Waals surface area contributed by atoms with Crippen LogP contribution >= 0.6 is 0 Å². The minimum absolute atomic E-state index is 0.112. The second-order valence-corrected chi connectivity index (χ2v) is 9.28. The van der Waals surface area contributed by atoms with Crippen molar-refractivity contribution in [3.63, 3.8) is 0 Å². The monoisotopic (exact) mass is 442 g/mol. The third kappa shape index (κ3) is 6.36. The van der Waals surface area contributed by atoms with Crippen LogP contribution in [0.15, 0.2) is 18.2 Å². The van der Waals surface area contributed by atoms with Crippen LogP contribution in [0.25, 0.3) is 0 Å². The zero-order valence-electron chi connectivity index (χ0n) is 18.9. The van der Waals surface area contributed by atoms with Crippen molar-refractivity contribution in [2.75, 3.05) is 46.4 Å². The fourth-order valence-corrected chi connectivity index (χ4v) is 4.82. The molecule has 3 rings (SSSR count). The van der Waals surface area contributed by atoms with E-state index in [4.69, 9.17) is 4.74 Å². The van der Waals surface area contributed by atoms with Crippen molar-refractivity contribution >= 4 is 0 Å². The first kappa shape index (κ1) is 24.3. The second kappa shape index (κ2) is 10.5. The maximum atomic E-state index is 13.9. The summed E-state index contributed by atoms with van der Waals surface area (Å²) in [5.41, 5.74) is -1.13. The highest BCUT2D eigenvalue weighted by atomic mass is 19.4. The molecule has 0 spiro atoms. The van der Waals surface area contributed by atoms with E-state index in [1.165, 1.54) is 12.1 Å². The van der Waals surface area contributed by atoms with Crippen LogP contribution in [0.3, 0.4) is 0 Å². The van der Waals surface area contributed by atoms with E-state index in [1.807, 2.05) is 6.92 Å². The van der Waals surface area contributed by atoms with E-state index >= 15 is 0 Å². The van der Waals surface area contributed by atoms with Gasteiger partial charge in [0, 0.05) is 38.6 Å². The van der Waals surface area contributed by atoms with Gasteiger partial charge in [0.1, 0.15) is 5.75 Å². The molecule has 1 unspecified atom stereocenters. The molecule has 0 amide bonds. The number of aliphatic hydroxyl groups is 1. The lowest BCUT2D eigenvalue weighted by Crippen LogP contribution is -2.50. The molecule has 1 atom stereocenters. The first-order valence-electron chi connectivity index (χ1n) is 11.7. The Bertz CT molecular complexity index is 697. The molecule has 1 heterocycles. The maximum Gasteiger partial charge on any atom is 0.419 e. The number of alkyl halides is 3. The number of piperazine rings is 1. The van der Waals surface area contributed by atoms with Gasteiger partial charge >= 0.3 is 6.18 Å². The topological polar surface area (TPSA) is 35.9 Å². The molecule has 1 saturated carbocycles. The van der Waals surface area contributed by atoms with Gasteiger partial charge < -0.3 is 19.6 Å². The Hall–Kier alpha value is -1.31. The lowest BCUT2D eigenvalue weighted by atomic mass is 9.72. The summed E-state index contributed by atoms with van der Waals surface area (Å²) in [6.07, 6.45) is 1.26. The molecule has 1 aromatic rings. The molecule has 0 bridgehead atoms. The highest BCUT2D eigenvalue weighted by molar-refractivity contribution is 5.41. The summed E-state index contributed by atoms with van der Waals surface area (Å²) >= 11 is 0. The van der Waals surface area contributed by atoms with Gasteiger partial charge in [0.25, 0.3) is 0 Å². The molecule has 0 radical (unpaired) electrons. The van der Waals surface area contributed by atoms with Crippen molar-refractivity contribution in [3.8, 4) is 5.75 Å². The molecule has 1 aromatic carbocycles. The van der Waals surface area contributed by atoms with E-state index in [0.29, 0.717) is 31.4 Å². The molecule has 176 valence electrons. The molecule has 7 heteroatoms. The normalized spacial score (nSPS) is 21.7. The molecule has 1 aliphatic heterocycles. The molecule has 1 N–H and O–H groups in total. The Kier molecular flexibility index (Phi) is 8.27. The average molecular weight is 443 g/mol. The quantitative estimate of drug-likeness (QED) is 0.581. The first-order chi connectivity index (χ1) is 14.7. The predicted octanol–water partition coefficient (Wildman–Crippen LogP) is 4.91. The third-order valence-corrected chi connectivity index (χ3v) is 6.87. The lowest BCUT2D eigenvalue weighted by molar-refractivity contribution is -0.139. The summed E-state index contributed by atoms with van der Waals surface area (Å²) in [7, 11) is 2.08. The number of ether oxygens (including phenoxy) is 1. The Balaban J connectivity index is 1.91. The fraction of sp³-hybridized carbons (Fsp3) is 0.750. The highest BCUT2D eigenvalue weighted by Gasteiger charge is 2.42. The lowest BCUT2D eigenvalue weighted by Gasteiger charge is -2.43. The molecule has 2 fully saturated rings. The minimum Gasteiger partial charge on any atom is -0.493 e. The van der Waals surface area contributed by atoms with Crippen molar-refractivity contribution in [3.05, 3.63) is 29.3 Å². The van der Waals surface area contributed by atoms with Gasteiger partial charge in [-0.1, -0.05) is 38.7 Å². The van der Waals surface area contributed by atoms with Crippen LogP contribution in [0, 0.1) is 0 Å². The number of unbranched alkanes of at least 4 members (excludes halogenated alkanes) is 1. The van der Waals surface area contributed by atoms with Crippen LogP contribution in [0.2, 0.25) is 0 Å². The fourth-order valence-electron chi connectivity index (χ4n) is 4.82. The Morgan fingerprint density at radius 2 is 1.77 bits per heavy atom. The number of hydrogen-bond donors (Lipinski definition) is 1. The zero-order valence-corrected chi connectivity index (χ0v) is 18.9. The van der Waals surface area contributed by atoms with Gasteiger partial charge in [0.2, 0.25) is 0 Å². The predicted molar refractivity (Wildman–Crippen MR) is 117 cm³/mol. The van der Waals surface area contributed by atoms with Gasteiger partial charge in [-0.15, -0.1) is 0 Å². The maximum absolute atomic E-state index is 13.9. The summed E-state index contributed by atoms with van der Waals surface area (Å²) < 4.78 is 47.1. The highest BCUT2D eigenvalue weighted by Crippen LogP contribution is 2.44. The van der Waals surface area contributed by atoms with Gasteiger partial charge in [0.05, 0.1) is 17.8 Å². The SMILES string of the molecule is CCCCOc1ccc(C(CN2CCN(C)CC2)C2(O)CCCCC2)cc1C(F)(F)F. The van der Waals surface area contributed by atoms with Gasteiger partial charge in [0.15, 0.2) is 0 Å². The second-order valence-electron chi connectivity index (χ2n) is 9.28. The van der Waals surface area contributed by atoms with Crippen LogP contribution in [-0.4, -0.2) is 66.9 Å². The largest absolute Gasteiger partial charge is 0.493 e. The van der Waals surface area contributed by atoms with E-state index in [0.717, 1.165) is 51.9 Å². The van der Waals surface area contributed by atoms with Gasteiger partial charge in [-0.05, 0) is 44.0 Å². The van der Waals surface area contributed by atoms with Crippen LogP contribution in [0.5, 0.6) is 5.75 Å². The summed E-state index contributed by atoms with van der Waals surface area (Å²) in [5.74, 6) is -0.458. The molecule has 1 saturated heterocycles. The van der Waals surface area contributed by atoms with Crippen LogP contribution < -0.4 is 4.74 Å². The van der Waals surface area contributed by atoms with Gasteiger partial charge in [-0.2, -0.15) is 13.2 Å².